The Morgan fingerprint density at radius 1 is 1.67 bits per heavy atom. The zero-order valence-electron chi connectivity index (χ0n) is 5.43. The zero-order valence-corrected chi connectivity index (χ0v) is 5.43. The third-order valence-corrected chi connectivity index (χ3v) is 1.22. The number of hydrogen-bond donors (Lipinski definition) is 1. The quantitative estimate of drug-likeness (QED) is 0.649. The molecule has 49 valence electrons. The van der Waals surface area contributed by atoms with E-state index in [0.29, 0.717) is 0 Å². The molecule has 1 aromatic heterocycles. The van der Waals surface area contributed by atoms with Gasteiger partial charge in [-0.2, -0.15) is 0 Å². The molecule has 1 N–H and O–H groups in total. The van der Waals surface area contributed by atoms with E-state index in [-0.39, 0.29) is 0 Å². The Kier molecular flexibility index (Phi) is 2.31. The van der Waals surface area contributed by atoms with Crippen LogP contribution in [0, 0.1) is 6.92 Å². The highest BCUT2D eigenvalue weighted by Gasteiger charge is 1.90. The molecule has 0 amide bonds. The van der Waals surface area contributed by atoms with Crippen molar-refractivity contribution in [1.82, 2.24) is 9.97 Å². The van der Waals surface area contributed by atoms with Gasteiger partial charge in [-0.15, -0.1) is 0 Å². The van der Waals surface area contributed by atoms with Gasteiger partial charge in [0.05, 0.1) is 0 Å². The standard InChI is InChI=1S/C7H11N2/c1-2-3-4-7-8-5-6-9-7/h5-6H,1-4H2,(H,8,9). The summed E-state index contributed by atoms with van der Waals surface area (Å²) in [4.78, 5) is 7.10. The first-order chi connectivity index (χ1) is 4.43. The number of aromatic nitrogens is 2. The van der Waals surface area contributed by atoms with Crippen molar-refractivity contribution in [3.63, 3.8) is 0 Å². The lowest BCUT2D eigenvalue weighted by molar-refractivity contribution is 0.798. The Morgan fingerprint density at radius 3 is 3.11 bits per heavy atom. The second-order valence-corrected chi connectivity index (χ2v) is 1.99. The van der Waals surface area contributed by atoms with E-state index in [1.807, 2.05) is 6.20 Å². The van der Waals surface area contributed by atoms with Gasteiger partial charge in [0.25, 0.3) is 0 Å². The number of imidazole rings is 1. The van der Waals surface area contributed by atoms with E-state index in [0.717, 1.165) is 25.1 Å². The van der Waals surface area contributed by atoms with Crippen molar-refractivity contribution in [2.45, 2.75) is 19.3 Å². The largest absolute Gasteiger partial charge is 0.349 e. The van der Waals surface area contributed by atoms with Gasteiger partial charge in [0.1, 0.15) is 5.82 Å². The van der Waals surface area contributed by atoms with Gasteiger partial charge in [-0.25, -0.2) is 4.98 Å². The monoisotopic (exact) mass is 123 g/mol. The molecule has 0 saturated carbocycles. The maximum absolute atomic E-state index is 4.07. The summed E-state index contributed by atoms with van der Waals surface area (Å²) in [6.45, 7) is 3.74. The lowest BCUT2D eigenvalue weighted by atomic mass is 10.2. The average Bonchev–Trinajstić information content (AvgIpc) is 2.34. The number of unbranched alkanes of at least 4 members (excludes halogenated alkanes) is 1. The summed E-state index contributed by atoms with van der Waals surface area (Å²) in [6.07, 6.45) is 6.75. The molecule has 0 unspecified atom stereocenters. The van der Waals surface area contributed by atoms with Crippen molar-refractivity contribution in [2.75, 3.05) is 0 Å². The molecule has 0 aromatic carbocycles. The summed E-state index contributed by atoms with van der Waals surface area (Å²) >= 11 is 0. The predicted molar refractivity (Wildman–Crippen MR) is 36.9 cm³/mol. The minimum Gasteiger partial charge on any atom is -0.349 e. The van der Waals surface area contributed by atoms with Crippen LogP contribution in [0.5, 0.6) is 0 Å². The fourth-order valence-electron chi connectivity index (χ4n) is 0.727. The molecule has 1 rings (SSSR count). The number of nitrogens with one attached hydrogen (secondary N) is 1. The highest BCUT2D eigenvalue weighted by atomic mass is 14.9. The number of H-pyrrole nitrogens is 1. The normalized spacial score (nSPS) is 9.89. The Bertz CT molecular complexity index is 144. The molecule has 0 bridgehead atoms. The zero-order chi connectivity index (χ0) is 6.53. The molecule has 0 atom stereocenters. The van der Waals surface area contributed by atoms with Crippen LogP contribution in [0.15, 0.2) is 12.4 Å². The number of aryl methyl sites for hydroxylation is 1. The highest BCUT2D eigenvalue weighted by molar-refractivity contribution is 4.86. The smallest absolute Gasteiger partial charge is 0.105 e. The van der Waals surface area contributed by atoms with Crippen LogP contribution in [-0.4, -0.2) is 9.97 Å². The first kappa shape index (κ1) is 6.33. The van der Waals surface area contributed by atoms with Crippen molar-refractivity contribution >= 4 is 0 Å². The Hall–Kier alpha value is -0.790. The topological polar surface area (TPSA) is 28.7 Å². The van der Waals surface area contributed by atoms with E-state index < -0.39 is 0 Å². The van der Waals surface area contributed by atoms with Gasteiger partial charge in [0.15, 0.2) is 0 Å². The van der Waals surface area contributed by atoms with Crippen LogP contribution in [0.2, 0.25) is 0 Å². The van der Waals surface area contributed by atoms with Gasteiger partial charge in [-0.05, 0) is 6.42 Å². The lowest BCUT2D eigenvalue weighted by Crippen LogP contribution is -1.85. The molecule has 0 fully saturated rings. The van der Waals surface area contributed by atoms with Crippen molar-refractivity contribution < 1.29 is 0 Å². The molecule has 1 aromatic rings. The van der Waals surface area contributed by atoms with E-state index in [2.05, 4.69) is 16.9 Å². The van der Waals surface area contributed by atoms with Crippen LogP contribution in [0.4, 0.5) is 0 Å². The molecular weight excluding hydrogens is 112 g/mol. The third kappa shape index (κ3) is 1.88. The molecule has 1 radical (unpaired) electrons. The maximum atomic E-state index is 4.07. The summed E-state index contributed by atoms with van der Waals surface area (Å²) in [7, 11) is 0. The summed E-state index contributed by atoms with van der Waals surface area (Å²) in [5.74, 6) is 1.07. The van der Waals surface area contributed by atoms with Gasteiger partial charge in [-0.3, -0.25) is 0 Å². The predicted octanol–water partition coefficient (Wildman–Crippen LogP) is 1.57. The minimum absolute atomic E-state index is 0.987. The number of aromatic amines is 1. The van der Waals surface area contributed by atoms with Gasteiger partial charge in [0.2, 0.25) is 0 Å². The number of nitrogens with zero attached hydrogens (tertiary/aromatic N) is 1. The Morgan fingerprint density at radius 2 is 2.56 bits per heavy atom. The maximum Gasteiger partial charge on any atom is 0.105 e. The van der Waals surface area contributed by atoms with Crippen LogP contribution in [0.25, 0.3) is 0 Å². The Labute approximate surface area is 55.3 Å². The first-order valence-corrected chi connectivity index (χ1v) is 3.21. The Balaban J connectivity index is 2.30. The second kappa shape index (κ2) is 3.28. The third-order valence-electron chi connectivity index (χ3n) is 1.22. The van der Waals surface area contributed by atoms with Gasteiger partial charge in [-0.1, -0.05) is 13.3 Å². The van der Waals surface area contributed by atoms with Crippen LogP contribution in [0.1, 0.15) is 18.7 Å². The van der Waals surface area contributed by atoms with Gasteiger partial charge in [0, 0.05) is 18.8 Å². The minimum atomic E-state index is 0.987. The van der Waals surface area contributed by atoms with E-state index in [1.54, 1.807) is 6.20 Å². The van der Waals surface area contributed by atoms with E-state index in [9.17, 15) is 0 Å². The van der Waals surface area contributed by atoms with Crippen LogP contribution >= 0.6 is 0 Å². The highest BCUT2D eigenvalue weighted by Crippen LogP contribution is 1.96. The average molecular weight is 123 g/mol. The summed E-state index contributed by atoms with van der Waals surface area (Å²) in [6, 6.07) is 0. The van der Waals surface area contributed by atoms with Crippen molar-refractivity contribution in [2.24, 2.45) is 0 Å². The molecule has 0 aliphatic carbocycles. The van der Waals surface area contributed by atoms with Crippen LogP contribution in [-0.2, 0) is 6.42 Å². The van der Waals surface area contributed by atoms with Gasteiger partial charge >= 0.3 is 0 Å². The molecule has 9 heavy (non-hydrogen) atoms. The van der Waals surface area contributed by atoms with Crippen molar-refractivity contribution in [3.8, 4) is 0 Å². The summed E-state index contributed by atoms with van der Waals surface area (Å²) < 4.78 is 0. The summed E-state index contributed by atoms with van der Waals surface area (Å²) in [5, 5.41) is 0. The lowest BCUT2D eigenvalue weighted by Gasteiger charge is -1.90. The first-order valence-electron chi connectivity index (χ1n) is 3.21. The van der Waals surface area contributed by atoms with E-state index in [4.69, 9.17) is 0 Å². The van der Waals surface area contributed by atoms with Gasteiger partial charge < -0.3 is 4.98 Å². The van der Waals surface area contributed by atoms with E-state index >= 15 is 0 Å². The van der Waals surface area contributed by atoms with Crippen LogP contribution < -0.4 is 0 Å². The molecule has 1 heterocycles. The molecule has 0 saturated heterocycles. The molecule has 2 heteroatoms. The SMILES string of the molecule is [CH2]CCCc1ncc[nH]1. The van der Waals surface area contributed by atoms with Crippen molar-refractivity contribution in [1.29, 1.82) is 0 Å². The fourth-order valence-corrected chi connectivity index (χ4v) is 0.727. The molecule has 2 nitrogen and oxygen atoms in total. The number of hydrogen-bond acceptors (Lipinski definition) is 1. The van der Waals surface area contributed by atoms with Crippen LogP contribution in [0.3, 0.4) is 0 Å². The summed E-state index contributed by atoms with van der Waals surface area (Å²) in [5.41, 5.74) is 0. The van der Waals surface area contributed by atoms with Crippen molar-refractivity contribution in [3.05, 3.63) is 25.1 Å². The second-order valence-electron chi connectivity index (χ2n) is 1.99. The molecule has 0 aliphatic rings. The fraction of sp³-hybridized carbons (Fsp3) is 0.429. The molecule has 0 aliphatic heterocycles. The number of rotatable bonds is 3. The molecule has 0 spiro atoms. The van der Waals surface area contributed by atoms with E-state index in [1.165, 1.54) is 0 Å². The molecular formula is C7H11N2.